The van der Waals surface area contributed by atoms with Gasteiger partial charge in [-0.25, -0.2) is 4.79 Å². The third-order valence-electron chi connectivity index (χ3n) is 10.1. The number of hydrogen-bond donors (Lipinski definition) is 10. The minimum atomic E-state index is -1.86. The third-order valence-corrected chi connectivity index (χ3v) is 10.1. The van der Waals surface area contributed by atoms with Crippen molar-refractivity contribution < 1.29 is 245 Å². The number of rotatable bonds is 8. The largest absolute Gasteiger partial charge is 2.00 e. The molecule has 1 saturated carbocycles. The van der Waals surface area contributed by atoms with Gasteiger partial charge in [-0.3, -0.25) is 4.79 Å². The van der Waals surface area contributed by atoms with Gasteiger partial charge >= 0.3 is 45.5 Å². The van der Waals surface area contributed by atoms with Crippen molar-refractivity contribution >= 4 is 11.9 Å². The molecule has 1 aliphatic carbocycles. The molecular formula is C38H70Co9N4O18. The molecule has 0 bridgehead atoms. The first-order valence-electron chi connectivity index (χ1n) is 18.9. The van der Waals surface area contributed by atoms with Crippen molar-refractivity contribution in [3.63, 3.8) is 0 Å². The average molecular weight is 1400 g/mol. The van der Waals surface area contributed by atoms with Crippen LogP contribution >= 0.6 is 0 Å². The minimum absolute atomic E-state index is 0. The molecule has 1 aromatic rings. The van der Waals surface area contributed by atoms with Gasteiger partial charge in [0.1, 0.15) is 0 Å². The first-order valence-corrected chi connectivity index (χ1v) is 18.9. The number of carboxylic acid groups (broad SMARTS) is 2. The van der Waals surface area contributed by atoms with Crippen molar-refractivity contribution in [3.8, 4) is 0 Å². The molecule has 0 amide bonds. The summed E-state index contributed by atoms with van der Waals surface area (Å²) in [5.41, 5.74) is 0.719. The maximum Gasteiger partial charge on any atom is 2.00 e. The van der Waals surface area contributed by atoms with Gasteiger partial charge in [-0.15, -0.1) is 38.3 Å². The SMILES string of the molecule is C1=CC[N-]C(C2CCCC[N-]2)=C1.C1CCC(C2CCCC[N-]2)[N-]C1.O.O.O.O.O.O.O=C(O)C1CC(C(O)O)CC(C(O)O)C1.O=C(O)c1cc(C(O)O)cc(C(O)O)c1.[Co+2].[Co+2].[Co].[Co].[Co].[Co].[Co].[Co].[Co]. The molecule has 0 aromatic heterocycles. The number of aliphatic hydroxyl groups excluding tert-OH is 4. The summed E-state index contributed by atoms with van der Waals surface area (Å²) < 4.78 is 0. The van der Waals surface area contributed by atoms with E-state index in [0.717, 1.165) is 44.4 Å². The molecule has 0 spiro atoms. The minimum Gasteiger partial charge on any atom is -0.686 e. The Kier molecular flexibility index (Phi) is 85.0. The van der Waals surface area contributed by atoms with E-state index in [9.17, 15) is 9.59 Å². The van der Waals surface area contributed by atoms with Gasteiger partial charge in [0.05, 0.1) is 11.5 Å². The smallest absolute Gasteiger partial charge is 0.686 e. The molecular weight excluding hydrogens is 1330 g/mol. The van der Waals surface area contributed by atoms with Crippen LogP contribution in [0.5, 0.6) is 0 Å². The van der Waals surface area contributed by atoms with Crippen molar-refractivity contribution in [2.45, 2.75) is 120 Å². The number of carboxylic acids is 2. The number of hydrogen-bond acceptors (Lipinski definition) is 10. The van der Waals surface area contributed by atoms with E-state index in [-0.39, 0.29) is 220 Å². The van der Waals surface area contributed by atoms with Gasteiger partial charge in [0.2, 0.25) is 0 Å². The fourth-order valence-electron chi connectivity index (χ4n) is 7.13. The van der Waals surface area contributed by atoms with E-state index in [1.807, 2.05) is 0 Å². The summed E-state index contributed by atoms with van der Waals surface area (Å²) in [6, 6.07) is 4.78. The van der Waals surface area contributed by atoms with Crippen LogP contribution in [0.15, 0.2) is 42.1 Å². The molecule has 431 valence electrons. The standard InChI is InChI=1S/C10H18N2.C10H14N2.C9H16O6.C9H10O6.9Co.6H2O/c2*1-3-7-11-9(5-1)10-6-2-4-8-12-10;2*10-7(11)4-1-5(8(12)13)3-6(2-4)9(14)15;;;;;;;;;;;;;;;/h9-10H,1-8H2;1,3,5,10H,2,4,6-8H2;4-8,10-13H,1-3H2,(H,14,15);1-3,7-8,10-13H,(H,14,15);;;;;;;;;;6*1H2/q2*-2;;;;;;;;;;2*+2;;;;;;. The molecule has 5 atom stereocenters. The van der Waals surface area contributed by atoms with Crippen LogP contribution < -0.4 is 0 Å². The molecule has 5 aliphatic rings. The number of benzene rings is 1. The fourth-order valence-corrected chi connectivity index (χ4v) is 7.13. The molecule has 9 radical (unpaired) electrons. The number of nitrogens with zero attached hydrogens (tertiary/aromatic N) is 4. The number of aliphatic carboxylic acids is 1. The predicted molar refractivity (Wildman–Crippen MR) is 221 cm³/mol. The van der Waals surface area contributed by atoms with Gasteiger partial charge in [0, 0.05) is 140 Å². The topological polar surface area (TPSA) is 482 Å². The number of aromatic carboxylic acids is 1. The van der Waals surface area contributed by atoms with E-state index in [1.165, 1.54) is 63.5 Å². The van der Waals surface area contributed by atoms with Crippen LogP contribution in [0.25, 0.3) is 21.3 Å². The Balaban J connectivity index is -0.0000000515. The van der Waals surface area contributed by atoms with Crippen LogP contribution in [0.2, 0.25) is 0 Å². The molecule has 5 unspecified atom stereocenters. The van der Waals surface area contributed by atoms with Crippen molar-refractivity contribution in [1.29, 1.82) is 0 Å². The Labute approximate surface area is 496 Å². The molecule has 1 aromatic carbocycles. The first-order chi connectivity index (χ1) is 25.8. The number of carbonyl (C=O) groups is 2. The van der Waals surface area contributed by atoms with Crippen molar-refractivity contribution in [2.75, 3.05) is 26.2 Å². The Bertz CT molecular complexity index is 1320. The molecule has 22 nitrogen and oxygen atoms in total. The van der Waals surface area contributed by atoms with Gasteiger partial charge < -0.3 is 105 Å². The molecule has 4 fully saturated rings. The number of aliphatic hydroxyl groups is 8. The second-order valence-electron chi connectivity index (χ2n) is 14.2. The van der Waals surface area contributed by atoms with Crippen LogP contribution in [-0.2, 0) is 156 Å². The van der Waals surface area contributed by atoms with Crippen LogP contribution in [0.1, 0.15) is 111 Å². The maximum absolute atomic E-state index is 10.8. The Morgan fingerprint density at radius 2 is 0.928 bits per heavy atom. The molecule has 6 rings (SSSR count). The average Bonchev–Trinajstić information content (AvgIpc) is 3.19. The second-order valence-corrected chi connectivity index (χ2v) is 14.2. The summed E-state index contributed by atoms with van der Waals surface area (Å²) >= 11 is 0. The van der Waals surface area contributed by atoms with Crippen LogP contribution in [-0.4, -0.2) is 153 Å². The summed E-state index contributed by atoms with van der Waals surface area (Å²) in [7, 11) is 0. The van der Waals surface area contributed by atoms with Gasteiger partial charge in [-0.2, -0.15) is 17.8 Å². The normalized spacial score (nSPS) is 21.1. The van der Waals surface area contributed by atoms with E-state index in [4.69, 9.17) is 51.1 Å². The van der Waals surface area contributed by atoms with E-state index < -0.39 is 54.9 Å². The quantitative estimate of drug-likeness (QED) is 0.136. The zero-order chi connectivity index (χ0) is 39.6. The summed E-state index contributed by atoms with van der Waals surface area (Å²) in [6.07, 6.45) is 11.6. The Morgan fingerprint density at radius 3 is 1.20 bits per heavy atom. The zero-order valence-electron chi connectivity index (χ0n) is 36.6. The summed E-state index contributed by atoms with van der Waals surface area (Å²) in [4.78, 5) is 21.4. The van der Waals surface area contributed by atoms with Gasteiger partial charge in [-0.1, -0.05) is 69.9 Å². The monoisotopic (exact) mass is 1400 g/mol. The Hall–Kier alpha value is 1.32. The number of allylic oxidation sites excluding steroid dienone is 2. The van der Waals surface area contributed by atoms with Crippen molar-refractivity contribution in [2.24, 2.45) is 17.8 Å². The van der Waals surface area contributed by atoms with Gasteiger partial charge in [0.15, 0.2) is 25.2 Å². The van der Waals surface area contributed by atoms with E-state index in [1.54, 1.807) is 0 Å². The summed E-state index contributed by atoms with van der Waals surface area (Å²) in [5, 5.41) is 107. The van der Waals surface area contributed by atoms with E-state index in [2.05, 4.69) is 39.5 Å². The third kappa shape index (κ3) is 39.4. The van der Waals surface area contributed by atoms with Gasteiger partial charge in [-0.05, 0) is 37.5 Å². The molecule has 4 heterocycles. The molecule has 69 heavy (non-hydrogen) atoms. The van der Waals surface area contributed by atoms with Gasteiger partial charge in [0.25, 0.3) is 0 Å². The summed E-state index contributed by atoms with van der Waals surface area (Å²) in [6.45, 7) is 4.06. The van der Waals surface area contributed by atoms with Crippen LogP contribution in [0.3, 0.4) is 0 Å². The van der Waals surface area contributed by atoms with E-state index in [0.29, 0.717) is 18.1 Å². The van der Waals surface area contributed by atoms with Crippen molar-refractivity contribution in [1.82, 2.24) is 0 Å². The van der Waals surface area contributed by atoms with E-state index >= 15 is 0 Å². The molecule has 3 saturated heterocycles. The molecule has 22 N–H and O–H groups in total. The second kappa shape index (κ2) is 57.0. The van der Waals surface area contributed by atoms with Crippen LogP contribution in [0.4, 0.5) is 0 Å². The maximum atomic E-state index is 10.8. The summed E-state index contributed by atoms with van der Waals surface area (Å²) in [5.74, 6) is -4.28. The Morgan fingerprint density at radius 1 is 0.536 bits per heavy atom. The predicted octanol–water partition coefficient (Wildman–Crippen LogP) is -1.32. The molecule has 31 heteroatoms. The molecule has 4 aliphatic heterocycles. The number of piperidine rings is 3. The van der Waals surface area contributed by atoms with Crippen LogP contribution in [0, 0.1) is 17.8 Å². The van der Waals surface area contributed by atoms with Crippen molar-refractivity contribution in [3.05, 3.63) is 80.1 Å². The fraction of sp³-hybridized carbons (Fsp3) is 0.684. The zero-order valence-corrected chi connectivity index (χ0v) is 46.0. The first kappa shape index (κ1) is 103.